The minimum atomic E-state index is -0.298. The van der Waals surface area contributed by atoms with E-state index in [4.69, 9.17) is 4.74 Å². The lowest BCUT2D eigenvalue weighted by atomic mass is 9.75. The van der Waals surface area contributed by atoms with Gasteiger partial charge in [-0.25, -0.2) is 0 Å². The number of rotatable bonds is 6. The lowest BCUT2D eigenvalue weighted by Crippen LogP contribution is -3.14. The van der Waals surface area contributed by atoms with Crippen molar-refractivity contribution >= 4 is 0 Å². The number of quaternary nitrogens is 1. The first-order chi connectivity index (χ1) is 10.5. The largest absolute Gasteiger partial charge is 0.385 e. The van der Waals surface area contributed by atoms with E-state index >= 15 is 0 Å². The first kappa shape index (κ1) is 18.2. The highest BCUT2D eigenvalue weighted by atomic mass is 16.5. The summed E-state index contributed by atoms with van der Waals surface area (Å²) >= 11 is 0. The third-order valence-corrected chi connectivity index (χ3v) is 5.97. The fourth-order valence-corrected chi connectivity index (χ4v) is 4.31. The third-order valence-electron chi connectivity index (χ3n) is 5.97. The predicted octanol–water partition coefficient (Wildman–Crippen LogP) is 2.14. The number of hydrogen-bond acceptors (Lipinski definition) is 2. The van der Waals surface area contributed by atoms with Gasteiger partial charge in [-0.15, -0.1) is 0 Å². The zero-order valence-electron chi connectivity index (χ0n) is 15.2. The zero-order chi connectivity index (χ0) is 16.1. The Balaban J connectivity index is 1.73. The molecular formula is C19H38NO2+. The van der Waals surface area contributed by atoms with Gasteiger partial charge in [0.05, 0.1) is 25.8 Å². The van der Waals surface area contributed by atoms with E-state index in [0.717, 1.165) is 18.4 Å². The van der Waals surface area contributed by atoms with Crippen LogP contribution in [0.4, 0.5) is 0 Å². The van der Waals surface area contributed by atoms with Gasteiger partial charge in [-0.3, -0.25) is 0 Å². The molecule has 1 heterocycles. The minimum Gasteiger partial charge on any atom is -0.385 e. The number of hydrogen-bond donors (Lipinski definition) is 2. The van der Waals surface area contributed by atoms with Crippen LogP contribution in [-0.4, -0.2) is 43.6 Å². The quantitative estimate of drug-likeness (QED) is 0.788. The van der Waals surface area contributed by atoms with Gasteiger partial charge in [-0.05, 0) is 49.4 Å². The minimum absolute atomic E-state index is 0.298. The summed E-state index contributed by atoms with van der Waals surface area (Å²) in [6.07, 6.45) is 6.46. The first-order valence-electron chi connectivity index (χ1n) is 9.59. The summed E-state index contributed by atoms with van der Waals surface area (Å²) in [7, 11) is 0. The van der Waals surface area contributed by atoms with Crippen molar-refractivity contribution in [1.29, 1.82) is 0 Å². The van der Waals surface area contributed by atoms with E-state index < -0.39 is 0 Å². The third kappa shape index (κ3) is 5.50. The molecule has 0 aromatic heterocycles. The summed E-state index contributed by atoms with van der Waals surface area (Å²) in [5.74, 6) is 2.99. The van der Waals surface area contributed by atoms with Crippen LogP contribution in [0.15, 0.2) is 0 Å². The zero-order valence-corrected chi connectivity index (χ0v) is 15.2. The Bertz CT molecular complexity index is 313. The van der Waals surface area contributed by atoms with Crippen LogP contribution in [0.3, 0.4) is 0 Å². The predicted molar refractivity (Wildman–Crippen MR) is 91.1 cm³/mol. The van der Waals surface area contributed by atoms with Crippen molar-refractivity contribution in [2.45, 2.75) is 72.0 Å². The van der Waals surface area contributed by atoms with Crippen molar-refractivity contribution in [3.63, 3.8) is 0 Å². The topological polar surface area (TPSA) is 33.9 Å². The smallest absolute Gasteiger partial charge is 0.126 e. The molecule has 2 N–H and O–H groups in total. The number of nitrogens with one attached hydrogen (secondary N) is 1. The maximum absolute atomic E-state index is 10.3. The maximum Gasteiger partial charge on any atom is 0.126 e. The second-order valence-electron chi connectivity index (χ2n) is 8.49. The number of aliphatic hydroxyl groups excluding tert-OH is 1. The molecule has 1 saturated heterocycles. The molecule has 2 fully saturated rings. The summed E-state index contributed by atoms with van der Waals surface area (Å²) in [4.78, 5) is 1.56. The van der Waals surface area contributed by atoms with Crippen molar-refractivity contribution < 1.29 is 14.7 Å². The van der Waals surface area contributed by atoms with Crippen LogP contribution in [0.1, 0.15) is 59.8 Å². The molecule has 1 saturated carbocycles. The summed E-state index contributed by atoms with van der Waals surface area (Å²) in [6, 6.07) is 0. The number of aliphatic hydroxyl groups is 1. The summed E-state index contributed by atoms with van der Waals surface area (Å²) in [5.41, 5.74) is 0. The summed E-state index contributed by atoms with van der Waals surface area (Å²) in [5, 5.41) is 10.3. The Morgan fingerprint density at radius 2 is 1.73 bits per heavy atom. The molecule has 1 aliphatic carbocycles. The molecule has 3 heteroatoms. The Morgan fingerprint density at radius 1 is 1.05 bits per heavy atom. The molecule has 1 aliphatic heterocycles. The molecule has 0 spiro atoms. The van der Waals surface area contributed by atoms with Gasteiger partial charge in [-0.2, -0.15) is 0 Å². The average molecular weight is 313 g/mol. The van der Waals surface area contributed by atoms with Gasteiger partial charge in [0.25, 0.3) is 0 Å². The molecule has 130 valence electrons. The van der Waals surface area contributed by atoms with Crippen LogP contribution in [-0.2, 0) is 4.74 Å². The highest BCUT2D eigenvalue weighted by Crippen LogP contribution is 2.35. The molecular weight excluding hydrogens is 274 g/mol. The van der Waals surface area contributed by atoms with Crippen LogP contribution in [0.2, 0.25) is 0 Å². The van der Waals surface area contributed by atoms with Gasteiger partial charge in [0.15, 0.2) is 0 Å². The second-order valence-corrected chi connectivity index (χ2v) is 8.49. The molecule has 0 aromatic carbocycles. The average Bonchev–Trinajstić information content (AvgIpc) is 2.47. The fraction of sp³-hybridized carbons (Fsp3) is 1.00. The molecule has 2 aliphatic rings. The summed E-state index contributed by atoms with van der Waals surface area (Å²) < 4.78 is 6.19. The standard InChI is InChI=1S/C19H37NO2/c1-14(2)18-6-5-16(4)11-19(18)22-13-17(21)12-20-9-7-15(3)8-10-20/h14-19,21H,5-13H2,1-4H3/p+1/t16-,17+,18+,19+/m1/s1. The molecule has 0 unspecified atom stereocenters. The molecule has 0 bridgehead atoms. The van der Waals surface area contributed by atoms with E-state index in [1.807, 2.05) is 0 Å². The Labute approximate surface area is 137 Å². The van der Waals surface area contributed by atoms with Crippen molar-refractivity contribution in [2.24, 2.45) is 23.7 Å². The highest BCUT2D eigenvalue weighted by Gasteiger charge is 2.32. The maximum atomic E-state index is 10.3. The van der Waals surface area contributed by atoms with Gasteiger partial charge >= 0.3 is 0 Å². The van der Waals surface area contributed by atoms with Crippen LogP contribution in [0.25, 0.3) is 0 Å². The molecule has 0 amide bonds. The van der Waals surface area contributed by atoms with Gasteiger partial charge < -0.3 is 14.7 Å². The Hall–Kier alpha value is -0.120. The highest BCUT2D eigenvalue weighted by molar-refractivity contribution is 4.81. The van der Waals surface area contributed by atoms with E-state index in [1.54, 1.807) is 4.90 Å². The number of piperidine rings is 1. The monoisotopic (exact) mass is 312 g/mol. The number of likely N-dealkylation sites (tertiary alicyclic amines) is 1. The molecule has 3 nitrogen and oxygen atoms in total. The van der Waals surface area contributed by atoms with E-state index in [9.17, 15) is 5.11 Å². The molecule has 0 radical (unpaired) electrons. The van der Waals surface area contributed by atoms with Gasteiger partial charge in [0.1, 0.15) is 12.6 Å². The lowest BCUT2D eigenvalue weighted by molar-refractivity contribution is -0.909. The van der Waals surface area contributed by atoms with Gasteiger partial charge in [-0.1, -0.05) is 34.1 Å². The van der Waals surface area contributed by atoms with Crippen LogP contribution in [0.5, 0.6) is 0 Å². The first-order valence-corrected chi connectivity index (χ1v) is 9.59. The van der Waals surface area contributed by atoms with Crippen molar-refractivity contribution in [3.8, 4) is 0 Å². The van der Waals surface area contributed by atoms with E-state index in [2.05, 4.69) is 27.7 Å². The van der Waals surface area contributed by atoms with Crippen molar-refractivity contribution in [3.05, 3.63) is 0 Å². The van der Waals surface area contributed by atoms with E-state index in [-0.39, 0.29) is 6.10 Å². The van der Waals surface area contributed by atoms with E-state index in [1.165, 1.54) is 45.2 Å². The number of ether oxygens (including phenoxy) is 1. The van der Waals surface area contributed by atoms with Crippen molar-refractivity contribution in [2.75, 3.05) is 26.2 Å². The fourth-order valence-electron chi connectivity index (χ4n) is 4.31. The molecule has 2 rings (SSSR count). The lowest BCUT2D eigenvalue weighted by Gasteiger charge is -2.37. The second kappa shape index (κ2) is 8.65. The summed E-state index contributed by atoms with van der Waals surface area (Å²) in [6.45, 7) is 13.1. The Morgan fingerprint density at radius 3 is 2.36 bits per heavy atom. The van der Waals surface area contributed by atoms with Crippen LogP contribution < -0.4 is 4.90 Å². The van der Waals surface area contributed by atoms with Gasteiger partial charge in [0, 0.05) is 0 Å². The van der Waals surface area contributed by atoms with Crippen molar-refractivity contribution in [1.82, 2.24) is 0 Å². The SMILES string of the molecule is CC1CC[NH+](C[C@H](O)CO[C@H]2C[C@H](C)CC[C@H]2C(C)C)CC1. The molecule has 22 heavy (non-hydrogen) atoms. The normalized spacial score (nSPS) is 38.2. The van der Waals surface area contributed by atoms with Crippen LogP contribution in [0, 0.1) is 23.7 Å². The molecule has 4 atom stereocenters. The van der Waals surface area contributed by atoms with Crippen LogP contribution >= 0.6 is 0 Å². The van der Waals surface area contributed by atoms with Gasteiger partial charge in [0.2, 0.25) is 0 Å². The molecule has 0 aromatic rings. The van der Waals surface area contributed by atoms with E-state index in [0.29, 0.717) is 24.5 Å². The Kier molecular flexibility index (Phi) is 7.17.